The number of rotatable bonds is 1. The molecule has 0 aromatic rings. The van der Waals surface area contributed by atoms with E-state index in [0.29, 0.717) is 6.10 Å². The van der Waals surface area contributed by atoms with Gasteiger partial charge in [-0.1, -0.05) is 0 Å². The number of carbonyl (C=O) groups is 1. The molecule has 1 heterocycles. The van der Waals surface area contributed by atoms with E-state index in [4.69, 9.17) is 4.74 Å². The molecule has 1 fully saturated rings. The lowest BCUT2D eigenvalue weighted by Gasteiger charge is -1.94. The van der Waals surface area contributed by atoms with Gasteiger partial charge in [-0.3, -0.25) is 0 Å². The van der Waals surface area contributed by atoms with Crippen molar-refractivity contribution in [3.63, 3.8) is 0 Å². The lowest BCUT2D eigenvalue weighted by molar-refractivity contribution is 0.134. The van der Waals surface area contributed by atoms with Crippen LogP contribution in [0.3, 0.4) is 0 Å². The molecule has 0 unspecified atom stereocenters. The number of nitrogens with one attached hydrogen (secondary N) is 2. The van der Waals surface area contributed by atoms with Gasteiger partial charge in [0.05, 0.1) is 6.10 Å². The number of carbonyl (C=O) groups excluding carboxylic acids is 1. The molecule has 0 aromatic heterocycles. The van der Waals surface area contributed by atoms with Gasteiger partial charge >= 0.3 is 6.03 Å². The zero-order valence-electron chi connectivity index (χ0n) is 7.31. The first-order valence-electron chi connectivity index (χ1n) is 3.71. The summed E-state index contributed by atoms with van der Waals surface area (Å²) in [4.78, 5) is 10.0. The van der Waals surface area contributed by atoms with Gasteiger partial charge < -0.3 is 15.4 Å². The van der Waals surface area contributed by atoms with E-state index < -0.39 is 0 Å². The molecular weight excluding hydrogens is 144 g/mol. The zero-order valence-corrected chi connectivity index (χ0v) is 7.31. The van der Waals surface area contributed by atoms with Crippen LogP contribution in [0.15, 0.2) is 0 Å². The number of amides is 2. The second-order valence-corrected chi connectivity index (χ2v) is 2.47. The Labute approximate surface area is 67.3 Å². The van der Waals surface area contributed by atoms with Gasteiger partial charge in [0.25, 0.3) is 0 Å². The van der Waals surface area contributed by atoms with E-state index in [2.05, 4.69) is 10.6 Å². The highest BCUT2D eigenvalue weighted by Gasteiger charge is 2.02. The standard InChI is InChI=1S/C4H10O.C3H6N2O/c1-4(2)5-3;6-3-4-1-2-5-3/h4H,1-3H3;1-2H2,(H2,4,5,6). The number of urea groups is 1. The fourth-order valence-corrected chi connectivity index (χ4v) is 0.415. The first-order valence-corrected chi connectivity index (χ1v) is 3.71. The van der Waals surface area contributed by atoms with Gasteiger partial charge in [0.15, 0.2) is 0 Å². The number of hydrogen-bond acceptors (Lipinski definition) is 2. The number of methoxy groups -OCH3 is 1. The van der Waals surface area contributed by atoms with Gasteiger partial charge in [-0.25, -0.2) is 4.79 Å². The minimum absolute atomic E-state index is 0.0463. The second-order valence-electron chi connectivity index (χ2n) is 2.47. The van der Waals surface area contributed by atoms with E-state index in [0.717, 1.165) is 13.1 Å². The predicted molar refractivity (Wildman–Crippen MR) is 43.5 cm³/mol. The highest BCUT2D eigenvalue weighted by atomic mass is 16.5. The van der Waals surface area contributed by atoms with E-state index in [1.807, 2.05) is 13.8 Å². The molecule has 66 valence electrons. The molecule has 4 nitrogen and oxygen atoms in total. The van der Waals surface area contributed by atoms with Crippen LogP contribution in [0, 0.1) is 0 Å². The molecular formula is C7H16N2O2. The molecule has 4 heteroatoms. The molecule has 1 aliphatic heterocycles. The molecule has 0 aromatic carbocycles. The van der Waals surface area contributed by atoms with Gasteiger partial charge in [0.1, 0.15) is 0 Å². The zero-order chi connectivity index (χ0) is 8.69. The minimum Gasteiger partial charge on any atom is -0.382 e. The summed E-state index contributed by atoms with van der Waals surface area (Å²) in [7, 11) is 1.70. The summed E-state index contributed by atoms with van der Waals surface area (Å²) in [6.45, 7) is 5.55. The Morgan fingerprint density at radius 1 is 1.36 bits per heavy atom. The van der Waals surface area contributed by atoms with Crippen LogP contribution in [-0.2, 0) is 4.74 Å². The summed E-state index contributed by atoms with van der Waals surface area (Å²) >= 11 is 0. The Balaban J connectivity index is 0.000000187. The van der Waals surface area contributed by atoms with E-state index in [1.54, 1.807) is 7.11 Å². The highest BCUT2D eigenvalue weighted by Crippen LogP contribution is 1.77. The van der Waals surface area contributed by atoms with Crippen LogP contribution < -0.4 is 10.6 Å². The van der Waals surface area contributed by atoms with E-state index in [1.165, 1.54) is 0 Å². The molecule has 2 amide bonds. The molecule has 0 spiro atoms. The summed E-state index contributed by atoms with van der Waals surface area (Å²) in [6, 6.07) is -0.0463. The van der Waals surface area contributed by atoms with Crippen molar-refractivity contribution < 1.29 is 9.53 Å². The van der Waals surface area contributed by atoms with Gasteiger partial charge in [0, 0.05) is 20.2 Å². The third kappa shape index (κ3) is 7.12. The van der Waals surface area contributed by atoms with Crippen LogP contribution >= 0.6 is 0 Å². The molecule has 0 saturated carbocycles. The maximum atomic E-state index is 10.0. The van der Waals surface area contributed by atoms with Crippen molar-refractivity contribution in [3.8, 4) is 0 Å². The van der Waals surface area contributed by atoms with Crippen molar-refractivity contribution in [1.29, 1.82) is 0 Å². The van der Waals surface area contributed by atoms with Crippen molar-refractivity contribution in [3.05, 3.63) is 0 Å². The van der Waals surface area contributed by atoms with Crippen LogP contribution in [0.5, 0.6) is 0 Å². The van der Waals surface area contributed by atoms with E-state index >= 15 is 0 Å². The Morgan fingerprint density at radius 2 is 1.73 bits per heavy atom. The molecule has 0 aliphatic carbocycles. The monoisotopic (exact) mass is 160 g/mol. The van der Waals surface area contributed by atoms with E-state index in [-0.39, 0.29) is 6.03 Å². The van der Waals surface area contributed by atoms with E-state index in [9.17, 15) is 4.79 Å². The van der Waals surface area contributed by atoms with Crippen molar-refractivity contribution in [2.45, 2.75) is 20.0 Å². The van der Waals surface area contributed by atoms with Crippen molar-refractivity contribution in [2.24, 2.45) is 0 Å². The quantitative estimate of drug-likeness (QED) is 0.581. The maximum absolute atomic E-state index is 10.0. The highest BCUT2D eigenvalue weighted by molar-refractivity contribution is 5.75. The molecule has 1 saturated heterocycles. The van der Waals surface area contributed by atoms with Gasteiger partial charge in [-0.2, -0.15) is 0 Å². The summed E-state index contributed by atoms with van der Waals surface area (Å²) < 4.78 is 4.75. The first-order chi connectivity index (χ1) is 5.16. The summed E-state index contributed by atoms with van der Waals surface area (Å²) in [5.41, 5.74) is 0. The van der Waals surface area contributed by atoms with Crippen LogP contribution in [-0.4, -0.2) is 32.3 Å². The lowest BCUT2D eigenvalue weighted by atomic mass is 10.5. The average molecular weight is 160 g/mol. The summed E-state index contributed by atoms with van der Waals surface area (Å²) in [6.07, 6.45) is 0.384. The Hall–Kier alpha value is -0.770. The molecule has 2 N–H and O–H groups in total. The Bertz CT molecular complexity index is 107. The van der Waals surface area contributed by atoms with Gasteiger partial charge in [-0.15, -0.1) is 0 Å². The third-order valence-corrected chi connectivity index (χ3v) is 1.17. The normalized spacial score (nSPS) is 15.1. The molecule has 0 radical (unpaired) electrons. The van der Waals surface area contributed by atoms with Crippen LogP contribution in [0.2, 0.25) is 0 Å². The lowest BCUT2D eigenvalue weighted by Crippen LogP contribution is -2.20. The fraction of sp³-hybridized carbons (Fsp3) is 0.857. The Morgan fingerprint density at radius 3 is 1.82 bits per heavy atom. The van der Waals surface area contributed by atoms with Crippen molar-refractivity contribution in [1.82, 2.24) is 10.6 Å². The fourth-order valence-electron chi connectivity index (χ4n) is 0.415. The number of hydrogen-bond donors (Lipinski definition) is 2. The first kappa shape index (κ1) is 10.2. The summed E-state index contributed by atoms with van der Waals surface area (Å²) in [5.74, 6) is 0. The Kier molecular flexibility index (Phi) is 5.56. The smallest absolute Gasteiger partial charge is 0.314 e. The SMILES string of the molecule is COC(C)C.O=C1NCCN1. The molecule has 0 atom stereocenters. The van der Waals surface area contributed by atoms with Crippen molar-refractivity contribution in [2.75, 3.05) is 20.2 Å². The second kappa shape index (κ2) is 5.97. The van der Waals surface area contributed by atoms with Crippen LogP contribution in [0.25, 0.3) is 0 Å². The maximum Gasteiger partial charge on any atom is 0.314 e. The van der Waals surface area contributed by atoms with Gasteiger partial charge in [0.2, 0.25) is 0 Å². The third-order valence-electron chi connectivity index (χ3n) is 1.17. The molecule has 1 aliphatic rings. The van der Waals surface area contributed by atoms with Crippen molar-refractivity contribution >= 4 is 6.03 Å². The van der Waals surface area contributed by atoms with Gasteiger partial charge in [-0.05, 0) is 13.8 Å². The molecule has 1 rings (SSSR count). The van der Waals surface area contributed by atoms with Crippen LogP contribution in [0.1, 0.15) is 13.8 Å². The number of ether oxygens (including phenoxy) is 1. The summed E-state index contributed by atoms with van der Waals surface area (Å²) in [5, 5.41) is 5.14. The van der Waals surface area contributed by atoms with Crippen LogP contribution in [0.4, 0.5) is 4.79 Å². The minimum atomic E-state index is -0.0463. The largest absolute Gasteiger partial charge is 0.382 e. The predicted octanol–water partition coefficient (Wildman–Crippen LogP) is 0.340. The molecule has 11 heavy (non-hydrogen) atoms. The molecule has 0 bridgehead atoms. The average Bonchev–Trinajstić information content (AvgIpc) is 2.41. The topological polar surface area (TPSA) is 50.4 Å².